The number of fused-ring (bicyclic) bond motifs is 1. The molecule has 8 nitrogen and oxygen atoms in total. The van der Waals surface area contributed by atoms with Gasteiger partial charge in [-0.1, -0.05) is 43.2 Å². The van der Waals surface area contributed by atoms with Crippen LogP contribution in [0.4, 0.5) is 0 Å². The third-order valence-corrected chi connectivity index (χ3v) is 5.67. The highest BCUT2D eigenvalue weighted by Crippen LogP contribution is 2.42. The van der Waals surface area contributed by atoms with Crippen LogP contribution in [0, 0.1) is 16.0 Å². The van der Waals surface area contributed by atoms with E-state index in [0.717, 1.165) is 36.6 Å². The summed E-state index contributed by atoms with van der Waals surface area (Å²) < 4.78 is 5.77. The van der Waals surface area contributed by atoms with Crippen molar-refractivity contribution < 1.29 is 24.6 Å². The molecule has 0 amide bonds. The molecule has 2 aromatic carbocycles. The number of carbonyl (C=O) groups is 1. The molecular weight excluding hydrogens is 400 g/mol. The molecule has 1 fully saturated rings. The largest absolute Gasteiger partial charge is 0.487 e. The van der Waals surface area contributed by atoms with Crippen LogP contribution in [0.25, 0.3) is 10.9 Å². The predicted molar refractivity (Wildman–Crippen MR) is 112 cm³/mol. The zero-order valence-electron chi connectivity index (χ0n) is 16.8. The Kier molecular flexibility index (Phi) is 5.97. The van der Waals surface area contributed by atoms with Gasteiger partial charge < -0.3 is 9.84 Å². The minimum absolute atomic E-state index is 0.0693. The molecule has 0 unspecified atom stereocenters. The summed E-state index contributed by atoms with van der Waals surface area (Å²) in [6, 6.07) is 16.1. The van der Waals surface area contributed by atoms with Crippen LogP contribution in [0.2, 0.25) is 0 Å². The molecule has 160 valence electrons. The number of carboxylic acid groups (broad SMARTS) is 1. The van der Waals surface area contributed by atoms with Crippen LogP contribution in [0.5, 0.6) is 11.5 Å². The lowest BCUT2D eigenvalue weighted by molar-refractivity contribution is -0.711. The third-order valence-electron chi connectivity index (χ3n) is 5.67. The number of aliphatic carboxylic acids is 1. The Bertz CT molecular complexity index is 1110. The average Bonchev–Trinajstić information content (AvgIpc) is 3.27. The summed E-state index contributed by atoms with van der Waals surface area (Å²) in [7, 11) is 0. The van der Waals surface area contributed by atoms with E-state index in [2.05, 4.69) is 4.98 Å². The monoisotopic (exact) mass is 422 g/mol. The summed E-state index contributed by atoms with van der Waals surface area (Å²) in [4.78, 5) is 32.3. The van der Waals surface area contributed by atoms with E-state index in [1.807, 2.05) is 36.4 Å². The van der Waals surface area contributed by atoms with E-state index in [1.54, 1.807) is 12.1 Å². The van der Waals surface area contributed by atoms with Gasteiger partial charge in [-0.15, -0.1) is 10.1 Å². The van der Waals surface area contributed by atoms with Gasteiger partial charge in [0.05, 0.1) is 17.1 Å². The molecule has 1 atom stereocenters. The Morgan fingerprint density at radius 3 is 2.68 bits per heavy atom. The quantitative estimate of drug-likeness (QED) is 0.412. The van der Waals surface area contributed by atoms with Crippen LogP contribution < -0.4 is 9.57 Å². The number of benzene rings is 2. The van der Waals surface area contributed by atoms with Crippen molar-refractivity contribution in [2.24, 2.45) is 5.92 Å². The summed E-state index contributed by atoms with van der Waals surface area (Å²) in [6.07, 6.45) is 3.47. The van der Waals surface area contributed by atoms with Crippen molar-refractivity contribution in [3.8, 4) is 11.5 Å². The van der Waals surface area contributed by atoms with E-state index in [4.69, 9.17) is 9.57 Å². The number of ether oxygens (including phenoxy) is 1. The van der Waals surface area contributed by atoms with Crippen molar-refractivity contribution >= 4 is 16.9 Å². The fourth-order valence-corrected chi connectivity index (χ4v) is 4.25. The Hall–Kier alpha value is -3.68. The van der Waals surface area contributed by atoms with E-state index >= 15 is 0 Å². The van der Waals surface area contributed by atoms with E-state index in [0.29, 0.717) is 17.0 Å². The van der Waals surface area contributed by atoms with E-state index < -0.39 is 17.0 Å². The maximum Gasteiger partial charge on any atom is 0.311 e. The summed E-state index contributed by atoms with van der Waals surface area (Å²) >= 11 is 0. The van der Waals surface area contributed by atoms with Crippen molar-refractivity contribution in [1.29, 1.82) is 0 Å². The molecule has 0 spiro atoms. The lowest BCUT2D eigenvalue weighted by Crippen LogP contribution is -2.21. The Morgan fingerprint density at radius 2 is 1.94 bits per heavy atom. The first kappa shape index (κ1) is 20.6. The molecule has 8 heteroatoms. The first-order valence-corrected chi connectivity index (χ1v) is 10.2. The molecule has 0 bridgehead atoms. The highest BCUT2D eigenvalue weighted by molar-refractivity contribution is 5.78. The van der Waals surface area contributed by atoms with Gasteiger partial charge in [-0.3, -0.25) is 9.63 Å². The average molecular weight is 422 g/mol. The van der Waals surface area contributed by atoms with Crippen LogP contribution in [-0.2, 0) is 11.4 Å². The molecule has 1 aromatic heterocycles. The number of hydrogen-bond acceptors (Lipinski definition) is 6. The van der Waals surface area contributed by atoms with Gasteiger partial charge in [0.2, 0.25) is 0 Å². The molecule has 31 heavy (non-hydrogen) atoms. The Labute approximate surface area is 178 Å². The zero-order chi connectivity index (χ0) is 21.8. The first-order chi connectivity index (χ1) is 15.0. The third kappa shape index (κ3) is 4.74. The molecule has 0 saturated heterocycles. The van der Waals surface area contributed by atoms with Crippen LogP contribution in [0.3, 0.4) is 0 Å². The van der Waals surface area contributed by atoms with Crippen LogP contribution >= 0.6 is 0 Å². The second-order valence-electron chi connectivity index (χ2n) is 7.66. The lowest BCUT2D eigenvalue weighted by atomic mass is 9.84. The summed E-state index contributed by atoms with van der Waals surface area (Å²) in [5, 5.41) is 20.9. The molecule has 1 saturated carbocycles. The molecule has 1 aliphatic carbocycles. The number of nitrogens with zero attached hydrogens (tertiary/aromatic N) is 2. The predicted octanol–water partition coefficient (Wildman–Crippen LogP) is 4.74. The molecule has 1 aliphatic rings. The van der Waals surface area contributed by atoms with Crippen molar-refractivity contribution in [2.45, 2.75) is 38.2 Å². The van der Waals surface area contributed by atoms with Gasteiger partial charge in [-0.2, -0.15) is 0 Å². The maximum atomic E-state index is 12.0. The number of rotatable bonds is 8. The highest BCUT2D eigenvalue weighted by Gasteiger charge is 2.34. The van der Waals surface area contributed by atoms with Crippen molar-refractivity contribution in [2.75, 3.05) is 0 Å². The maximum absolute atomic E-state index is 12.0. The number of pyridine rings is 1. The van der Waals surface area contributed by atoms with Crippen LogP contribution in [0.15, 0.2) is 54.6 Å². The molecular formula is C23H22N2O6. The molecule has 0 aliphatic heterocycles. The second kappa shape index (κ2) is 8.99. The van der Waals surface area contributed by atoms with E-state index in [-0.39, 0.29) is 18.3 Å². The number of aromatic nitrogens is 1. The van der Waals surface area contributed by atoms with Gasteiger partial charge >= 0.3 is 5.97 Å². The van der Waals surface area contributed by atoms with E-state index in [1.165, 1.54) is 6.07 Å². The number of carboxylic acids is 1. The van der Waals surface area contributed by atoms with Crippen LogP contribution in [-0.4, -0.2) is 21.1 Å². The molecule has 4 rings (SSSR count). The smallest absolute Gasteiger partial charge is 0.311 e. The number of para-hydroxylation sites is 1. The summed E-state index contributed by atoms with van der Waals surface area (Å²) in [5.74, 6) is -1.69. The minimum Gasteiger partial charge on any atom is -0.487 e. The highest BCUT2D eigenvalue weighted by atomic mass is 17.0. The second-order valence-corrected chi connectivity index (χ2v) is 7.66. The number of hydrogen-bond donors (Lipinski definition) is 1. The summed E-state index contributed by atoms with van der Waals surface area (Å²) in [6.45, 7) is 0.160. The van der Waals surface area contributed by atoms with Gasteiger partial charge in [0.1, 0.15) is 18.1 Å². The Balaban J connectivity index is 1.58. The van der Waals surface area contributed by atoms with Gasteiger partial charge in [0, 0.05) is 11.5 Å². The molecule has 1 N–H and O–H groups in total. The van der Waals surface area contributed by atoms with Crippen molar-refractivity contribution in [3.05, 3.63) is 76.0 Å². The fraction of sp³-hybridized carbons (Fsp3) is 0.304. The SMILES string of the molecule is O=C(O)[C@@H](c1ccc(OCc2ccc3ccccc3n2)cc1O[N+](=O)[O-])C1CCCC1. The van der Waals surface area contributed by atoms with E-state index in [9.17, 15) is 20.0 Å². The summed E-state index contributed by atoms with van der Waals surface area (Å²) in [5.41, 5.74) is 1.85. The topological polar surface area (TPSA) is 112 Å². The standard InChI is InChI=1S/C23H22N2O6/c26-23(27)22(16-6-1-2-7-16)19-12-11-18(13-21(19)31-25(28)29)30-14-17-10-9-15-5-3-4-8-20(15)24-17/h3-5,8-13,16,22H,1-2,6-7,14H2,(H,26,27)/t22-/m1/s1. The molecule has 1 heterocycles. The van der Waals surface area contributed by atoms with Crippen molar-refractivity contribution in [1.82, 2.24) is 4.98 Å². The van der Waals surface area contributed by atoms with Gasteiger partial charge in [0.15, 0.2) is 0 Å². The van der Waals surface area contributed by atoms with Crippen LogP contribution in [0.1, 0.15) is 42.9 Å². The fourth-order valence-electron chi connectivity index (χ4n) is 4.25. The lowest BCUT2D eigenvalue weighted by Gasteiger charge is -2.22. The first-order valence-electron chi connectivity index (χ1n) is 10.2. The van der Waals surface area contributed by atoms with Gasteiger partial charge in [0.25, 0.3) is 5.09 Å². The molecule has 3 aromatic rings. The minimum atomic E-state index is -1.01. The Morgan fingerprint density at radius 1 is 1.16 bits per heavy atom. The molecule has 0 radical (unpaired) electrons. The van der Waals surface area contributed by atoms with Crippen molar-refractivity contribution in [3.63, 3.8) is 0 Å². The van der Waals surface area contributed by atoms with Gasteiger partial charge in [-0.05, 0) is 42.5 Å². The zero-order valence-corrected chi connectivity index (χ0v) is 16.8. The van der Waals surface area contributed by atoms with Gasteiger partial charge in [-0.25, -0.2) is 4.98 Å². The normalized spacial score (nSPS) is 15.0.